The molecular weight excluding hydrogens is 1950 g/mol. The molecule has 0 amide bonds. The largest absolute Gasteiger partial charge is 0.412 e. The van der Waals surface area contributed by atoms with Gasteiger partial charge in [-0.05, 0) is 288 Å². The van der Waals surface area contributed by atoms with E-state index in [1.54, 1.807) is 4.90 Å². The highest BCUT2D eigenvalue weighted by molar-refractivity contribution is 8.00. The minimum absolute atomic E-state index is 0. The van der Waals surface area contributed by atoms with Gasteiger partial charge in [0.1, 0.15) is 28.9 Å². The van der Waals surface area contributed by atoms with E-state index in [1.807, 2.05) is 87.8 Å². The fourth-order valence-electron chi connectivity index (χ4n) is 19.2. The number of anilines is 4. The van der Waals surface area contributed by atoms with E-state index in [4.69, 9.17) is 14.2 Å². The molecule has 5 aliphatic carbocycles. The van der Waals surface area contributed by atoms with Gasteiger partial charge in [0.05, 0.1) is 54.7 Å². The molecule has 147 heavy (non-hydrogen) atoms. The van der Waals surface area contributed by atoms with Crippen LogP contribution in [0.1, 0.15) is 368 Å². The highest BCUT2D eigenvalue weighted by Gasteiger charge is 2.30. The van der Waals surface area contributed by atoms with Crippen LogP contribution in [0.4, 0.5) is 31.7 Å². The molecule has 5 saturated carbocycles. The van der Waals surface area contributed by atoms with Crippen molar-refractivity contribution in [3.8, 4) is 0 Å². The third-order valence-corrected chi connectivity index (χ3v) is 33.7. The molecule has 0 bridgehead atoms. The minimum Gasteiger partial charge on any atom is -0.412 e. The van der Waals surface area contributed by atoms with Gasteiger partial charge < -0.3 is 88.6 Å². The first-order valence-corrected chi connectivity index (χ1v) is 59.8. The second-order valence-corrected chi connectivity index (χ2v) is 49.7. The highest BCUT2D eigenvalue weighted by atomic mass is 32.2. The number of aryl methyl sites for hydroxylation is 6. The number of ether oxygens (including phenoxy) is 3. The Morgan fingerprint density at radius 2 is 0.646 bits per heavy atom. The average molecular weight is 2170 g/mol. The molecule has 21 nitrogen and oxygen atoms in total. The predicted octanol–water partition coefficient (Wildman–Crippen LogP) is 24.2. The van der Waals surface area contributed by atoms with Gasteiger partial charge in [-0.3, -0.25) is 14.6 Å². The van der Waals surface area contributed by atoms with Crippen molar-refractivity contribution < 1.29 is 87.3 Å². The zero-order chi connectivity index (χ0) is 99.8. The van der Waals surface area contributed by atoms with Crippen LogP contribution in [0.5, 0.6) is 0 Å². The van der Waals surface area contributed by atoms with Crippen LogP contribution in [-0.2, 0) is 51.1 Å². The summed E-state index contributed by atoms with van der Waals surface area (Å²) in [6.07, 6.45) is 48.4. The summed E-state index contributed by atoms with van der Waals surface area (Å²) in [5.74, 6) is 12.8. The summed E-state index contributed by atoms with van der Waals surface area (Å²) in [6.45, 7) is 54.5. The summed E-state index contributed by atoms with van der Waals surface area (Å²) in [4.78, 5) is 40.7. The Bertz CT molecular complexity index is 3920. The maximum absolute atomic E-state index is 14.0. The number of Topliss-reactive ketones (excluding diaryl/α,β-unsaturated/α-hetero) is 1. The number of hydrogen-bond acceptors (Lipinski definition) is 16. The standard InChI is InChI=1S/C15H23NO.C15H14O.C14H19F2NO.C13H17NO.C12H19N3O.5C10H20S.10H2O/c1-5-14-6-7-15(11(2)8-14)16-9-12(3)17-13(4)10-16;1-2-12-8-10-14(11-9-12)15(16)13-6-4-3-5-7-13;1-4-11-5-12(15)14(13(16)6-11)17-7-9(2)18-10(3)8-17;1-2-11-3-5-12(6-4-11)14-9-7-13(15)8-10-14;1-4-11-5-14-12(6-13-11)15-7-9(2)16-10(3)8-15;5*1-9(2)11-8-10-6-4-3-5-7-10;;;;;;;;;;/h6-8,12-13H,5,9-10H2,1-4H3;3-11H,2H2,1H3;5-6,9-10H,4,7-8H2,1-3H3;3-6H,2,7-10H2,1H3;5-6,9-10H,4,7-8H2,1-3H3;5*9-10H,3-8H2,1-2H3;10*1H2/t12-,13+;;9-,10+;;9-,10+;;;;;;;;;;;;;;;. The van der Waals surface area contributed by atoms with E-state index in [0.29, 0.717) is 55.9 Å². The van der Waals surface area contributed by atoms with Gasteiger partial charge in [0.25, 0.3) is 0 Å². The summed E-state index contributed by atoms with van der Waals surface area (Å²) in [5.41, 5.74) is 11.3. The van der Waals surface area contributed by atoms with Gasteiger partial charge in [-0.25, -0.2) is 13.8 Å². The zero-order valence-corrected chi connectivity index (χ0v) is 99.2. The monoisotopic (exact) mass is 2160 g/mol. The molecule has 6 atom stereocenters. The molecule has 852 valence electrons. The van der Waals surface area contributed by atoms with Crippen molar-refractivity contribution in [1.82, 2.24) is 9.97 Å². The SMILES string of the molecule is CC(C)SCC1CCCCC1.CC(C)SCC1CCCCC1.CC(C)SCC1CCCCC1.CC(C)SCC1CCCCC1.CC(C)SCC1CCCCC1.CCc1cc(F)c(N2C[C@@H](C)O[C@@H](C)C2)c(F)c1.CCc1ccc(C(=O)c2ccccc2)cc1.CCc1ccc(N2CCC(=O)CC2)cc1.CCc1ccc(N2C[C@@H](C)O[C@@H](C)C2)c(C)c1.CCc1cnc(N2C[C@@H](C)O[C@@H](C)C2)cn1.O.O.O.O.O.O.O.O.O.O. The first-order valence-electron chi connectivity index (χ1n) is 54.6. The second-order valence-electron chi connectivity index (χ2n) is 41.7. The molecule has 0 spiro atoms. The lowest BCUT2D eigenvalue weighted by molar-refractivity contribution is -0.119. The molecule has 28 heteroatoms. The Balaban J connectivity index is -0.000000507. The fourth-order valence-corrected chi connectivity index (χ4v) is 24.2. The van der Waals surface area contributed by atoms with Crippen molar-refractivity contribution >= 4 is 93.3 Å². The van der Waals surface area contributed by atoms with Crippen LogP contribution < -0.4 is 19.6 Å². The predicted molar refractivity (Wildman–Crippen MR) is 639 cm³/mol. The molecule has 4 saturated heterocycles. The van der Waals surface area contributed by atoms with Gasteiger partial charge in [0, 0.05) is 87.7 Å². The zero-order valence-electron chi connectivity index (χ0n) is 95.1. The van der Waals surface area contributed by atoms with Crippen LogP contribution in [0.15, 0.2) is 122 Å². The first kappa shape index (κ1) is 150. The Kier molecular flexibility index (Phi) is 89.0. The Labute approximate surface area is 913 Å². The first-order chi connectivity index (χ1) is 65.8. The number of carbonyl (C=O) groups is 2. The number of benzene rings is 5. The number of nitrogens with zero attached hydrogens (tertiary/aromatic N) is 6. The topological polar surface area (TPSA) is 416 Å². The third-order valence-electron chi connectivity index (χ3n) is 27.1. The molecule has 0 unspecified atom stereocenters. The fraction of sp³-hybridized carbons (Fsp3) is 0.697. The molecule has 4 aliphatic heterocycles. The quantitative estimate of drug-likeness (QED) is 0.0455. The van der Waals surface area contributed by atoms with Crippen molar-refractivity contribution in [3.05, 3.63) is 178 Å². The average Bonchev–Trinajstić information content (AvgIpc) is 0.799. The lowest BCUT2D eigenvalue weighted by atomic mass is 9.91. The molecule has 1 aromatic heterocycles. The van der Waals surface area contributed by atoms with Gasteiger partial charge in [-0.15, -0.1) is 0 Å². The summed E-state index contributed by atoms with van der Waals surface area (Å²) >= 11 is 10.7. The van der Waals surface area contributed by atoms with Gasteiger partial charge in [0.2, 0.25) is 0 Å². The van der Waals surface area contributed by atoms with Crippen LogP contribution in [0.3, 0.4) is 0 Å². The molecule has 6 aromatic rings. The number of morpholine rings is 3. The molecule has 0 radical (unpaired) electrons. The summed E-state index contributed by atoms with van der Waals surface area (Å²) in [7, 11) is 0. The number of thioether (sulfide) groups is 5. The van der Waals surface area contributed by atoms with Gasteiger partial charge in [0.15, 0.2) is 5.78 Å². The molecule has 5 aromatic carbocycles. The van der Waals surface area contributed by atoms with E-state index in [2.05, 4.69) is 257 Å². The molecule has 5 heterocycles. The van der Waals surface area contributed by atoms with Crippen LogP contribution in [-0.4, -0.2) is 220 Å². The maximum atomic E-state index is 14.0. The minimum atomic E-state index is -0.479. The number of piperidine rings is 1. The Morgan fingerprint density at radius 3 is 0.939 bits per heavy atom. The lowest BCUT2D eigenvalue weighted by Gasteiger charge is -2.37. The van der Waals surface area contributed by atoms with Gasteiger partial charge in [-0.1, -0.05) is 279 Å². The number of hydrogen-bond donors (Lipinski definition) is 0. The van der Waals surface area contributed by atoms with Crippen LogP contribution >= 0.6 is 58.8 Å². The maximum Gasteiger partial charge on any atom is 0.193 e. The van der Waals surface area contributed by atoms with Crippen molar-refractivity contribution in [1.29, 1.82) is 0 Å². The summed E-state index contributed by atoms with van der Waals surface area (Å²) in [5, 5.41) is 4.15. The number of halogens is 2. The van der Waals surface area contributed by atoms with Crippen molar-refractivity contribution in [2.75, 3.05) is 101 Å². The highest BCUT2D eigenvalue weighted by Crippen LogP contribution is 2.36. The third kappa shape index (κ3) is 63.4. The number of aromatic nitrogens is 2. The second kappa shape index (κ2) is 87.1. The van der Waals surface area contributed by atoms with E-state index >= 15 is 0 Å². The van der Waals surface area contributed by atoms with E-state index in [1.165, 1.54) is 235 Å². The summed E-state index contributed by atoms with van der Waals surface area (Å²) in [6, 6.07) is 35.5. The Hall–Kier alpha value is -5.19. The van der Waals surface area contributed by atoms with Crippen LogP contribution in [0.2, 0.25) is 0 Å². The van der Waals surface area contributed by atoms with E-state index < -0.39 is 11.6 Å². The normalized spacial score (nSPS) is 19.4. The van der Waals surface area contributed by atoms with Crippen LogP contribution in [0, 0.1) is 48.1 Å². The molecular formula is C119H212F2N6O15S5. The number of carbonyl (C=O) groups excluding carboxylic acids is 2. The van der Waals surface area contributed by atoms with Crippen LogP contribution in [0.25, 0.3) is 0 Å². The molecule has 9 aliphatic rings. The van der Waals surface area contributed by atoms with E-state index in [9.17, 15) is 18.4 Å². The lowest BCUT2D eigenvalue weighted by Crippen LogP contribution is -2.46. The van der Waals surface area contributed by atoms with Crippen molar-refractivity contribution in [2.45, 2.75) is 421 Å². The summed E-state index contributed by atoms with van der Waals surface area (Å²) < 4.78 is 45.1. The van der Waals surface area contributed by atoms with Crippen molar-refractivity contribution in [3.63, 3.8) is 0 Å². The molecule has 20 N–H and O–H groups in total. The van der Waals surface area contributed by atoms with Crippen molar-refractivity contribution in [2.24, 2.45) is 29.6 Å². The molecule has 9 fully saturated rings. The van der Waals surface area contributed by atoms with Gasteiger partial charge >= 0.3 is 0 Å². The van der Waals surface area contributed by atoms with Gasteiger partial charge in [-0.2, -0.15) is 58.8 Å². The molecule has 15 rings (SSSR count). The van der Waals surface area contributed by atoms with E-state index in [-0.39, 0.29) is 90.6 Å². The smallest absolute Gasteiger partial charge is 0.193 e. The van der Waals surface area contributed by atoms with E-state index in [0.717, 1.165) is 143 Å². The number of rotatable bonds is 26. The Morgan fingerprint density at radius 1 is 0.347 bits per heavy atom. The number of ketones is 2.